The second kappa shape index (κ2) is 7.99. The summed E-state index contributed by atoms with van der Waals surface area (Å²) in [6, 6.07) is 8.65. The molecule has 0 spiro atoms. The number of nitrogens with zero attached hydrogens (tertiary/aromatic N) is 2. The zero-order chi connectivity index (χ0) is 16.8. The van der Waals surface area contributed by atoms with Gasteiger partial charge in [0, 0.05) is 44.7 Å². The van der Waals surface area contributed by atoms with Gasteiger partial charge in [0.25, 0.3) is 0 Å². The van der Waals surface area contributed by atoms with E-state index in [1.54, 1.807) is 0 Å². The number of carboxylic acid groups (broad SMARTS) is 1. The molecular weight excluding hydrogens is 292 g/mol. The van der Waals surface area contributed by atoms with Gasteiger partial charge in [-0.05, 0) is 30.0 Å². The first-order chi connectivity index (χ1) is 11.0. The first-order valence-corrected chi connectivity index (χ1v) is 8.32. The molecule has 1 amide bonds. The number of carboxylic acids is 1. The molecule has 1 aromatic rings. The zero-order valence-electron chi connectivity index (χ0n) is 14.0. The van der Waals surface area contributed by atoms with Crippen LogP contribution in [-0.2, 0) is 9.59 Å². The van der Waals surface area contributed by atoms with Crippen LogP contribution in [0.15, 0.2) is 24.3 Å². The lowest BCUT2D eigenvalue weighted by Crippen LogP contribution is -2.48. The molecule has 23 heavy (non-hydrogen) atoms. The van der Waals surface area contributed by atoms with Crippen molar-refractivity contribution >= 4 is 17.6 Å². The Morgan fingerprint density at radius 2 is 1.65 bits per heavy atom. The van der Waals surface area contributed by atoms with Crippen molar-refractivity contribution < 1.29 is 14.7 Å². The SMILES string of the molecule is CC(C)c1ccc(N2CCN(C(=O)CCCC(=O)O)CC2)cc1. The third-order valence-corrected chi connectivity index (χ3v) is 4.34. The van der Waals surface area contributed by atoms with Crippen LogP contribution in [0, 0.1) is 0 Å². The molecule has 5 heteroatoms. The van der Waals surface area contributed by atoms with Crippen LogP contribution >= 0.6 is 0 Å². The maximum absolute atomic E-state index is 12.1. The van der Waals surface area contributed by atoms with Gasteiger partial charge in [-0.1, -0.05) is 26.0 Å². The summed E-state index contributed by atoms with van der Waals surface area (Å²) in [4.78, 5) is 26.7. The summed E-state index contributed by atoms with van der Waals surface area (Å²) in [5.74, 6) is -0.238. The average Bonchev–Trinajstić information content (AvgIpc) is 2.54. The monoisotopic (exact) mass is 318 g/mol. The molecule has 0 unspecified atom stereocenters. The van der Waals surface area contributed by atoms with Gasteiger partial charge in [0.05, 0.1) is 0 Å². The van der Waals surface area contributed by atoms with Crippen LogP contribution in [0.4, 0.5) is 5.69 Å². The highest BCUT2D eigenvalue weighted by Crippen LogP contribution is 2.21. The first kappa shape index (κ1) is 17.3. The number of benzene rings is 1. The van der Waals surface area contributed by atoms with E-state index in [2.05, 4.69) is 43.0 Å². The highest BCUT2D eigenvalue weighted by atomic mass is 16.4. The second-order valence-electron chi connectivity index (χ2n) is 6.36. The number of anilines is 1. The van der Waals surface area contributed by atoms with Crippen LogP contribution in [-0.4, -0.2) is 48.1 Å². The van der Waals surface area contributed by atoms with Crippen molar-refractivity contribution in [1.29, 1.82) is 0 Å². The molecule has 0 aromatic heterocycles. The Balaban J connectivity index is 1.81. The summed E-state index contributed by atoms with van der Waals surface area (Å²) < 4.78 is 0. The largest absolute Gasteiger partial charge is 0.481 e. The molecule has 0 atom stereocenters. The molecule has 2 rings (SSSR count). The number of carbonyl (C=O) groups is 2. The van der Waals surface area contributed by atoms with Gasteiger partial charge in [0.1, 0.15) is 0 Å². The number of amides is 1. The van der Waals surface area contributed by atoms with Gasteiger partial charge < -0.3 is 14.9 Å². The maximum atomic E-state index is 12.1. The highest BCUT2D eigenvalue weighted by Gasteiger charge is 2.21. The van der Waals surface area contributed by atoms with E-state index in [0.717, 1.165) is 13.1 Å². The molecule has 0 aliphatic carbocycles. The molecule has 1 aromatic carbocycles. The number of aliphatic carboxylic acids is 1. The Bertz CT molecular complexity index is 532. The number of piperazine rings is 1. The number of hydrogen-bond donors (Lipinski definition) is 1. The molecule has 1 heterocycles. The highest BCUT2D eigenvalue weighted by molar-refractivity contribution is 5.77. The predicted octanol–water partition coefficient (Wildman–Crippen LogP) is 2.71. The molecule has 126 valence electrons. The van der Waals surface area contributed by atoms with Gasteiger partial charge in [0.15, 0.2) is 0 Å². The third-order valence-electron chi connectivity index (χ3n) is 4.34. The lowest BCUT2D eigenvalue weighted by molar-refractivity contribution is -0.137. The first-order valence-electron chi connectivity index (χ1n) is 8.32. The quantitative estimate of drug-likeness (QED) is 0.876. The number of carbonyl (C=O) groups excluding carboxylic acids is 1. The summed E-state index contributed by atoms with van der Waals surface area (Å²) in [6.45, 7) is 7.43. The lowest BCUT2D eigenvalue weighted by atomic mass is 10.0. The Kier molecular flexibility index (Phi) is 6.02. The lowest BCUT2D eigenvalue weighted by Gasteiger charge is -2.36. The van der Waals surface area contributed by atoms with Crippen LogP contribution in [0.2, 0.25) is 0 Å². The van der Waals surface area contributed by atoms with Crippen LogP contribution in [0.1, 0.15) is 44.6 Å². The van der Waals surface area contributed by atoms with Crippen molar-refractivity contribution in [3.63, 3.8) is 0 Å². The molecule has 1 N–H and O–H groups in total. The van der Waals surface area contributed by atoms with Crippen molar-refractivity contribution in [2.24, 2.45) is 0 Å². The Morgan fingerprint density at radius 3 is 2.17 bits per heavy atom. The van der Waals surface area contributed by atoms with E-state index in [1.807, 2.05) is 4.90 Å². The van der Waals surface area contributed by atoms with Crippen molar-refractivity contribution in [3.05, 3.63) is 29.8 Å². The van der Waals surface area contributed by atoms with E-state index in [1.165, 1.54) is 11.3 Å². The molecule has 0 saturated carbocycles. The molecule has 0 radical (unpaired) electrons. The van der Waals surface area contributed by atoms with Crippen molar-refractivity contribution in [2.45, 2.75) is 39.0 Å². The third kappa shape index (κ3) is 4.98. The average molecular weight is 318 g/mol. The van der Waals surface area contributed by atoms with Crippen LogP contribution < -0.4 is 4.90 Å². The molecular formula is C18H26N2O3. The van der Waals surface area contributed by atoms with Gasteiger partial charge in [0.2, 0.25) is 5.91 Å². The molecule has 1 aliphatic rings. The van der Waals surface area contributed by atoms with Crippen LogP contribution in [0.3, 0.4) is 0 Å². The maximum Gasteiger partial charge on any atom is 0.303 e. The van der Waals surface area contributed by atoms with Gasteiger partial charge in [-0.15, -0.1) is 0 Å². The molecule has 5 nitrogen and oxygen atoms in total. The summed E-state index contributed by atoms with van der Waals surface area (Å²) in [7, 11) is 0. The topological polar surface area (TPSA) is 60.9 Å². The van der Waals surface area contributed by atoms with E-state index in [9.17, 15) is 9.59 Å². The predicted molar refractivity (Wildman–Crippen MR) is 90.8 cm³/mol. The fraction of sp³-hybridized carbons (Fsp3) is 0.556. The summed E-state index contributed by atoms with van der Waals surface area (Å²) >= 11 is 0. The fourth-order valence-corrected chi connectivity index (χ4v) is 2.83. The standard InChI is InChI=1S/C18H26N2O3/c1-14(2)15-6-8-16(9-7-15)19-10-12-20(13-11-19)17(21)4-3-5-18(22)23/h6-9,14H,3-5,10-13H2,1-2H3,(H,22,23). The Labute approximate surface area is 137 Å². The van der Waals surface area contributed by atoms with Crippen molar-refractivity contribution in [1.82, 2.24) is 4.90 Å². The van der Waals surface area contributed by atoms with Gasteiger partial charge in [-0.2, -0.15) is 0 Å². The molecule has 0 bridgehead atoms. The van der Waals surface area contributed by atoms with E-state index in [0.29, 0.717) is 31.8 Å². The summed E-state index contributed by atoms with van der Waals surface area (Å²) in [5, 5.41) is 8.62. The van der Waals surface area contributed by atoms with Gasteiger partial charge in [-0.3, -0.25) is 9.59 Å². The molecule has 1 fully saturated rings. The smallest absolute Gasteiger partial charge is 0.303 e. The van der Waals surface area contributed by atoms with E-state index < -0.39 is 5.97 Å². The molecule has 1 aliphatic heterocycles. The second-order valence-corrected chi connectivity index (χ2v) is 6.36. The number of hydrogen-bond acceptors (Lipinski definition) is 3. The molecule has 1 saturated heterocycles. The summed E-state index contributed by atoms with van der Waals surface area (Å²) in [6.07, 6.45) is 0.814. The summed E-state index contributed by atoms with van der Waals surface area (Å²) in [5.41, 5.74) is 2.54. The Hall–Kier alpha value is -2.04. The van der Waals surface area contributed by atoms with Crippen LogP contribution in [0.25, 0.3) is 0 Å². The van der Waals surface area contributed by atoms with E-state index in [4.69, 9.17) is 5.11 Å². The number of rotatable bonds is 6. The zero-order valence-corrected chi connectivity index (χ0v) is 14.0. The van der Waals surface area contributed by atoms with Crippen molar-refractivity contribution in [3.8, 4) is 0 Å². The fourth-order valence-electron chi connectivity index (χ4n) is 2.83. The van der Waals surface area contributed by atoms with Gasteiger partial charge >= 0.3 is 5.97 Å². The normalized spacial score (nSPS) is 15.1. The van der Waals surface area contributed by atoms with Gasteiger partial charge in [-0.25, -0.2) is 0 Å². The van der Waals surface area contributed by atoms with Crippen molar-refractivity contribution in [2.75, 3.05) is 31.1 Å². The van der Waals surface area contributed by atoms with E-state index >= 15 is 0 Å². The minimum Gasteiger partial charge on any atom is -0.481 e. The van der Waals surface area contributed by atoms with E-state index in [-0.39, 0.29) is 12.3 Å². The van der Waals surface area contributed by atoms with Crippen LogP contribution in [0.5, 0.6) is 0 Å². The minimum absolute atomic E-state index is 0.0634. The minimum atomic E-state index is -0.840. The Morgan fingerprint density at radius 1 is 1.04 bits per heavy atom.